The Balaban J connectivity index is 0.00000256. The molecule has 0 spiro atoms. The highest BCUT2D eigenvalue weighted by Crippen LogP contribution is 2.47. The first-order valence-electron chi connectivity index (χ1n) is 10.3. The summed E-state index contributed by atoms with van der Waals surface area (Å²) in [5.41, 5.74) is 2.48. The van der Waals surface area contributed by atoms with E-state index in [0.29, 0.717) is 16.0 Å². The van der Waals surface area contributed by atoms with E-state index in [9.17, 15) is 4.79 Å². The lowest BCUT2D eigenvalue weighted by Gasteiger charge is -2.34. The number of benzene rings is 2. The molecular weight excluding hydrogens is 441 g/mol. The molecular formula is C23H28Cl3N3O. The lowest BCUT2D eigenvalue weighted by molar-refractivity contribution is -0.122. The van der Waals surface area contributed by atoms with Crippen LogP contribution in [0.15, 0.2) is 48.5 Å². The standard InChI is InChI=1S/C23H27Cl2N3O.ClH/c24-21-7-6-17(14-22(21)25)16-28-12-10-27(11-13-28)9-8-26-23(29)20-15-19(20)18-4-2-1-3-5-18;/h1-7,14,19-20H,8-13,15-16H2,(H,26,29);1H/t19-,20+;/m0./s1. The molecule has 1 aliphatic carbocycles. The van der Waals surface area contributed by atoms with Gasteiger partial charge in [0.25, 0.3) is 0 Å². The summed E-state index contributed by atoms with van der Waals surface area (Å²) in [6, 6.07) is 16.2. The van der Waals surface area contributed by atoms with Gasteiger partial charge in [-0.05, 0) is 35.6 Å². The monoisotopic (exact) mass is 467 g/mol. The van der Waals surface area contributed by atoms with Crippen LogP contribution in [0.25, 0.3) is 0 Å². The van der Waals surface area contributed by atoms with Crippen molar-refractivity contribution < 1.29 is 4.79 Å². The fourth-order valence-corrected chi connectivity index (χ4v) is 4.41. The van der Waals surface area contributed by atoms with Gasteiger partial charge in [-0.25, -0.2) is 0 Å². The van der Waals surface area contributed by atoms with Crippen LogP contribution in [0, 0.1) is 5.92 Å². The number of nitrogens with one attached hydrogen (secondary N) is 1. The van der Waals surface area contributed by atoms with Crippen molar-refractivity contribution in [2.45, 2.75) is 18.9 Å². The zero-order valence-corrected chi connectivity index (χ0v) is 19.2. The van der Waals surface area contributed by atoms with Crippen molar-refractivity contribution in [1.82, 2.24) is 15.1 Å². The highest BCUT2D eigenvalue weighted by molar-refractivity contribution is 6.42. The van der Waals surface area contributed by atoms with Crippen molar-refractivity contribution in [2.24, 2.45) is 5.92 Å². The van der Waals surface area contributed by atoms with Gasteiger partial charge in [0.2, 0.25) is 5.91 Å². The van der Waals surface area contributed by atoms with Crippen molar-refractivity contribution in [3.63, 3.8) is 0 Å². The van der Waals surface area contributed by atoms with Crippen LogP contribution in [0.2, 0.25) is 10.0 Å². The summed E-state index contributed by atoms with van der Waals surface area (Å²) in [7, 11) is 0. The minimum absolute atomic E-state index is 0. The molecule has 4 nitrogen and oxygen atoms in total. The van der Waals surface area contributed by atoms with Crippen LogP contribution in [-0.2, 0) is 11.3 Å². The molecule has 162 valence electrons. The van der Waals surface area contributed by atoms with Gasteiger partial charge in [0.05, 0.1) is 10.0 Å². The molecule has 1 amide bonds. The average Bonchev–Trinajstić information content (AvgIpc) is 3.54. The molecule has 2 aromatic rings. The van der Waals surface area contributed by atoms with E-state index in [1.165, 1.54) is 11.1 Å². The quantitative estimate of drug-likeness (QED) is 0.652. The maximum atomic E-state index is 12.4. The predicted octanol–water partition coefficient (Wildman–Crippen LogP) is 4.45. The Morgan fingerprint density at radius 3 is 2.37 bits per heavy atom. The molecule has 1 saturated heterocycles. The van der Waals surface area contributed by atoms with Gasteiger partial charge >= 0.3 is 0 Å². The van der Waals surface area contributed by atoms with E-state index in [4.69, 9.17) is 23.2 Å². The molecule has 1 N–H and O–H groups in total. The molecule has 1 saturated carbocycles. The second-order valence-corrected chi connectivity index (χ2v) is 8.83. The van der Waals surface area contributed by atoms with E-state index >= 15 is 0 Å². The number of piperazine rings is 1. The van der Waals surface area contributed by atoms with E-state index in [2.05, 4.69) is 27.2 Å². The number of nitrogens with zero attached hydrogens (tertiary/aromatic N) is 2. The Morgan fingerprint density at radius 2 is 1.67 bits per heavy atom. The van der Waals surface area contributed by atoms with E-state index in [0.717, 1.165) is 52.2 Å². The van der Waals surface area contributed by atoms with Gasteiger partial charge in [-0.3, -0.25) is 14.6 Å². The van der Waals surface area contributed by atoms with Crippen LogP contribution in [-0.4, -0.2) is 55.0 Å². The summed E-state index contributed by atoms with van der Waals surface area (Å²) in [5.74, 6) is 0.763. The molecule has 4 rings (SSSR count). The number of amides is 1. The fraction of sp³-hybridized carbons (Fsp3) is 0.435. The first kappa shape index (κ1) is 23.4. The molecule has 2 atom stereocenters. The van der Waals surface area contributed by atoms with Crippen LogP contribution >= 0.6 is 35.6 Å². The molecule has 2 aromatic carbocycles. The minimum Gasteiger partial charge on any atom is -0.355 e. The van der Waals surface area contributed by atoms with E-state index < -0.39 is 0 Å². The van der Waals surface area contributed by atoms with Crippen LogP contribution in [0.4, 0.5) is 0 Å². The molecule has 0 aromatic heterocycles. The van der Waals surface area contributed by atoms with Gasteiger partial charge in [-0.15, -0.1) is 12.4 Å². The molecule has 1 heterocycles. The molecule has 2 fully saturated rings. The second-order valence-electron chi connectivity index (χ2n) is 8.02. The van der Waals surface area contributed by atoms with Crippen molar-refractivity contribution in [1.29, 1.82) is 0 Å². The first-order valence-corrected chi connectivity index (χ1v) is 11.1. The van der Waals surface area contributed by atoms with Gasteiger partial charge in [0.1, 0.15) is 0 Å². The van der Waals surface area contributed by atoms with Gasteiger partial charge < -0.3 is 5.32 Å². The number of hydrogen-bond acceptors (Lipinski definition) is 3. The summed E-state index contributed by atoms with van der Waals surface area (Å²) < 4.78 is 0. The fourth-order valence-electron chi connectivity index (χ4n) is 4.09. The molecule has 30 heavy (non-hydrogen) atoms. The van der Waals surface area contributed by atoms with E-state index in [-0.39, 0.29) is 24.2 Å². The molecule has 0 bridgehead atoms. The SMILES string of the molecule is Cl.O=C(NCCN1CCN(Cc2ccc(Cl)c(Cl)c2)CC1)[C@@H]1C[C@H]1c1ccccc1. The maximum Gasteiger partial charge on any atom is 0.223 e. The summed E-state index contributed by atoms with van der Waals surface area (Å²) >= 11 is 12.1. The normalized spacial score (nSPS) is 21.7. The Kier molecular flexibility index (Phi) is 8.44. The highest BCUT2D eigenvalue weighted by atomic mass is 35.5. The summed E-state index contributed by atoms with van der Waals surface area (Å²) in [5, 5.41) is 4.35. The Bertz CT molecular complexity index is 841. The van der Waals surface area contributed by atoms with Gasteiger partial charge in [-0.2, -0.15) is 0 Å². The number of hydrogen-bond donors (Lipinski definition) is 1. The first-order chi connectivity index (χ1) is 14.1. The molecule has 1 aliphatic heterocycles. The predicted molar refractivity (Wildman–Crippen MR) is 126 cm³/mol. The zero-order valence-electron chi connectivity index (χ0n) is 16.9. The Labute approximate surface area is 194 Å². The summed E-state index contributed by atoms with van der Waals surface area (Å²) in [6.45, 7) is 6.61. The largest absolute Gasteiger partial charge is 0.355 e. The smallest absolute Gasteiger partial charge is 0.223 e. The van der Waals surface area contributed by atoms with Crippen LogP contribution in [0.5, 0.6) is 0 Å². The highest BCUT2D eigenvalue weighted by Gasteiger charge is 2.43. The lowest BCUT2D eigenvalue weighted by atomic mass is 10.1. The minimum atomic E-state index is 0. The van der Waals surface area contributed by atoms with Crippen molar-refractivity contribution in [3.05, 3.63) is 69.7 Å². The van der Waals surface area contributed by atoms with Crippen molar-refractivity contribution >= 4 is 41.5 Å². The van der Waals surface area contributed by atoms with Gasteiger partial charge in [0.15, 0.2) is 0 Å². The third-order valence-electron chi connectivity index (χ3n) is 5.94. The topological polar surface area (TPSA) is 35.6 Å². The van der Waals surface area contributed by atoms with E-state index in [1.54, 1.807) is 0 Å². The van der Waals surface area contributed by atoms with Crippen molar-refractivity contribution in [2.75, 3.05) is 39.3 Å². The van der Waals surface area contributed by atoms with Crippen LogP contribution in [0.3, 0.4) is 0 Å². The lowest BCUT2D eigenvalue weighted by Crippen LogP contribution is -2.48. The zero-order chi connectivity index (χ0) is 20.2. The number of halogens is 3. The molecule has 0 unspecified atom stereocenters. The molecule has 2 aliphatic rings. The van der Waals surface area contributed by atoms with Gasteiger partial charge in [-0.1, -0.05) is 59.6 Å². The molecule has 7 heteroatoms. The number of carbonyl (C=O) groups excluding carboxylic acids is 1. The van der Waals surface area contributed by atoms with Crippen LogP contribution in [0.1, 0.15) is 23.5 Å². The summed E-state index contributed by atoms with van der Waals surface area (Å²) in [6.07, 6.45) is 0.975. The average molecular weight is 469 g/mol. The third kappa shape index (κ3) is 6.12. The van der Waals surface area contributed by atoms with Crippen molar-refractivity contribution in [3.8, 4) is 0 Å². The van der Waals surface area contributed by atoms with Gasteiger partial charge in [0, 0.05) is 51.7 Å². The Hall–Kier alpha value is -1.30. The third-order valence-corrected chi connectivity index (χ3v) is 6.68. The summed E-state index contributed by atoms with van der Waals surface area (Å²) in [4.78, 5) is 17.2. The van der Waals surface area contributed by atoms with E-state index in [1.807, 2.05) is 36.4 Å². The second kappa shape index (κ2) is 10.8. The Morgan fingerprint density at radius 1 is 0.967 bits per heavy atom. The number of carbonyl (C=O) groups is 1. The van der Waals surface area contributed by atoms with Crippen LogP contribution < -0.4 is 5.32 Å². The number of rotatable bonds is 7. The molecule has 0 radical (unpaired) electrons. The maximum absolute atomic E-state index is 12.4.